The van der Waals surface area contributed by atoms with Gasteiger partial charge >= 0.3 is 0 Å². The van der Waals surface area contributed by atoms with Crippen molar-refractivity contribution >= 4 is 22.9 Å². The fraction of sp³-hybridized carbons (Fsp3) is 0.667. The fourth-order valence-electron chi connectivity index (χ4n) is 2.81. The molecular formula is C15H23ClN4O3S. The van der Waals surface area contributed by atoms with Gasteiger partial charge in [-0.2, -0.15) is 0 Å². The SMILES string of the molecule is CCCOC1CC(CC)C([N+](=O)[O-])=C(NCc2cnc(Cl)s2)N1C. The molecule has 2 heterocycles. The van der Waals surface area contributed by atoms with Crippen molar-refractivity contribution in [3.8, 4) is 0 Å². The molecule has 1 aromatic heterocycles. The molecule has 7 nitrogen and oxygen atoms in total. The van der Waals surface area contributed by atoms with Gasteiger partial charge in [0.25, 0.3) is 5.70 Å². The average molecular weight is 375 g/mol. The molecule has 1 aromatic rings. The maximum absolute atomic E-state index is 11.6. The number of thiazole rings is 1. The van der Waals surface area contributed by atoms with Crippen molar-refractivity contribution in [1.82, 2.24) is 15.2 Å². The first-order valence-electron chi connectivity index (χ1n) is 8.04. The summed E-state index contributed by atoms with van der Waals surface area (Å²) in [7, 11) is 1.83. The Morgan fingerprint density at radius 3 is 2.88 bits per heavy atom. The molecule has 0 saturated carbocycles. The number of rotatable bonds is 8. The van der Waals surface area contributed by atoms with E-state index in [1.54, 1.807) is 6.20 Å². The molecule has 24 heavy (non-hydrogen) atoms. The summed E-state index contributed by atoms with van der Waals surface area (Å²) in [5.41, 5.74) is 0.229. The maximum atomic E-state index is 11.6. The molecule has 134 valence electrons. The largest absolute Gasteiger partial charge is 0.361 e. The number of halogens is 1. The monoisotopic (exact) mass is 374 g/mol. The Morgan fingerprint density at radius 2 is 2.33 bits per heavy atom. The topological polar surface area (TPSA) is 80.5 Å². The summed E-state index contributed by atoms with van der Waals surface area (Å²) >= 11 is 7.20. The normalized spacial score (nSPS) is 21.2. The van der Waals surface area contributed by atoms with Crippen LogP contribution in [0.3, 0.4) is 0 Å². The van der Waals surface area contributed by atoms with Crippen LogP contribution in [-0.2, 0) is 11.3 Å². The second-order valence-corrected chi connectivity index (χ2v) is 7.40. The van der Waals surface area contributed by atoms with Gasteiger partial charge in [0, 0.05) is 31.1 Å². The molecule has 0 saturated heterocycles. The minimum Gasteiger partial charge on any atom is -0.361 e. The van der Waals surface area contributed by atoms with E-state index in [2.05, 4.69) is 10.3 Å². The highest BCUT2D eigenvalue weighted by Crippen LogP contribution is 2.33. The van der Waals surface area contributed by atoms with Gasteiger partial charge in [0.2, 0.25) is 0 Å². The fourth-order valence-corrected chi connectivity index (χ4v) is 3.73. The molecule has 2 rings (SSSR count). The highest BCUT2D eigenvalue weighted by atomic mass is 35.5. The third-order valence-electron chi connectivity index (χ3n) is 4.06. The number of nitrogens with one attached hydrogen (secondary N) is 1. The predicted molar refractivity (Wildman–Crippen MR) is 94.2 cm³/mol. The standard InChI is InChI=1S/C15H23ClN4O3S/c1-4-6-23-12-7-10(5-2)13(20(21)22)14(19(12)3)17-8-11-9-18-15(16)24-11/h9-10,12,17H,4-8H2,1-3H3. The first kappa shape index (κ1) is 19.0. The lowest BCUT2D eigenvalue weighted by atomic mass is 9.93. The molecule has 1 aliphatic rings. The number of hydrogen-bond donors (Lipinski definition) is 1. The molecule has 1 N–H and O–H groups in total. The van der Waals surface area contributed by atoms with Crippen LogP contribution < -0.4 is 5.32 Å². The van der Waals surface area contributed by atoms with E-state index in [0.717, 1.165) is 11.3 Å². The van der Waals surface area contributed by atoms with Gasteiger partial charge in [0.1, 0.15) is 6.23 Å². The van der Waals surface area contributed by atoms with E-state index in [-0.39, 0.29) is 22.8 Å². The predicted octanol–water partition coefficient (Wildman–Crippen LogP) is 3.45. The lowest BCUT2D eigenvalue weighted by molar-refractivity contribution is -0.440. The van der Waals surface area contributed by atoms with E-state index in [4.69, 9.17) is 16.3 Å². The van der Waals surface area contributed by atoms with Crippen LogP contribution in [0.4, 0.5) is 0 Å². The first-order valence-corrected chi connectivity index (χ1v) is 9.24. The second-order valence-electron chi connectivity index (χ2n) is 5.70. The van der Waals surface area contributed by atoms with Gasteiger partial charge in [-0.05, 0) is 12.8 Å². The summed E-state index contributed by atoms with van der Waals surface area (Å²) < 4.78 is 6.35. The molecule has 2 unspecified atom stereocenters. The highest BCUT2D eigenvalue weighted by Gasteiger charge is 2.39. The van der Waals surface area contributed by atoms with E-state index in [9.17, 15) is 10.1 Å². The number of allylic oxidation sites excluding steroid dienone is 1. The summed E-state index contributed by atoms with van der Waals surface area (Å²) in [6.45, 7) is 5.09. The molecule has 0 bridgehead atoms. The zero-order valence-electron chi connectivity index (χ0n) is 14.1. The smallest absolute Gasteiger partial charge is 0.289 e. The molecule has 0 radical (unpaired) electrons. The molecule has 0 amide bonds. The Labute approximate surface area is 150 Å². The first-order chi connectivity index (χ1) is 11.5. The van der Waals surface area contributed by atoms with Gasteiger partial charge in [-0.25, -0.2) is 4.98 Å². The van der Waals surface area contributed by atoms with Crippen LogP contribution in [0, 0.1) is 16.0 Å². The Balaban J connectivity index is 2.25. The Hall–Kier alpha value is -1.38. The van der Waals surface area contributed by atoms with Crippen molar-refractivity contribution in [2.45, 2.75) is 45.9 Å². The van der Waals surface area contributed by atoms with Crippen molar-refractivity contribution < 1.29 is 9.66 Å². The molecule has 2 atom stereocenters. The van der Waals surface area contributed by atoms with Crippen molar-refractivity contribution in [3.63, 3.8) is 0 Å². The van der Waals surface area contributed by atoms with Gasteiger partial charge in [-0.15, -0.1) is 11.3 Å². The summed E-state index contributed by atoms with van der Waals surface area (Å²) in [5, 5.41) is 14.8. The van der Waals surface area contributed by atoms with E-state index in [0.29, 0.717) is 36.3 Å². The zero-order chi connectivity index (χ0) is 17.7. The number of hydrogen-bond acceptors (Lipinski definition) is 7. The summed E-state index contributed by atoms with van der Waals surface area (Å²) in [6.07, 6.45) is 3.76. The molecule has 0 aliphatic carbocycles. The van der Waals surface area contributed by atoms with Crippen molar-refractivity contribution in [3.05, 3.63) is 37.2 Å². The van der Waals surface area contributed by atoms with Gasteiger partial charge in [-0.3, -0.25) is 10.1 Å². The van der Waals surface area contributed by atoms with Crippen LogP contribution in [-0.4, -0.2) is 34.7 Å². The van der Waals surface area contributed by atoms with Crippen LogP contribution in [0.25, 0.3) is 0 Å². The second kappa shape index (κ2) is 8.64. The van der Waals surface area contributed by atoms with Crippen LogP contribution >= 0.6 is 22.9 Å². The van der Waals surface area contributed by atoms with Crippen molar-refractivity contribution in [1.29, 1.82) is 0 Å². The van der Waals surface area contributed by atoms with E-state index >= 15 is 0 Å². The lowest BCUT2D eigenvalue weighted by Crippen LogP contribution is -2.46. The van der Waals surface area contributed by atoms with Gasteiger partial charge in [0.15, 0.2) is 10.3 Å². The van der Waals surface area contributed by atoms with Gasteiger partial charge in [-0.1, -0.05) is 25.4 Å². The van der Waals surface area contributed by atoms with Crippen LogP contribution in [0.1, 0.15) is 38.0 Å². The molecular weight excluding hydrogens is 352 g/mol. The molecule has 0 fully saturated rings. The Bertz CT molecular complexity index is 607. The van der Waals surface area contributed by atoms with E-state index in [1.807, 2.05) is 25.8 Å². The third kappa shape index (κ3) is 4.37. The number of ether oxygens (including phenoxy) is 1. The average Bonchev–Trinajstić information content (AvgIpc) is 2.97. The highest BCUT2D eigenvalue weighted by molar-refractivity contribution is 7.15. The van der Waals surface area contributed by atoms with Crippen LogP contribution in [0.15, 0.2) is 17.7 Å². The quantitative estimate of drug-likeness (QED) is 0.554. The lowest BCUT2D eigenvalue weighted by Gasteiger charge is -2.37. The van der Waals surface area contributed by atoms with E-state index in [1.165, 1.54) is 11.3 Å². The van der Waals surface area contributed by atoms with Crippen molar-refractivity contribution in [2.75, 3.05) is 13.7 Å². The Kier molecular flexibility index (Phi) is 6.82. The van der Waals surface area contributed by atoms with Gasteiger partial charge < -0.3 is 15.0 Å². The molecule has 9 heteroatoms. The summed E-state index contributed by atoms with van der Waals surface area (Å²) in [5.74, 6) is 0.384. The van der Waals surface area contributed by atoms with Crippen molar-refractivity contribution in [2.24, 2.45) is 5.92 Å². The minimum atomic E-state index is -0.275. The minimum absolute atomic E-state index is 0.134. The zero-order valence-corrected chi connectivity index (χ0v) is 15.7. The molecule has 0 spiro atoms. The maximum Gasteiger partial charge on any atom is 0.289 e. The van der Waals surface area contributed by atoms with Crippen LogP contribution in [0.5, 0.6) is 0 Å². The molecule has 1 aliphatic heterocycles. The van der Waals surface area contributed by atoms with Crippen LogP contribution in [0.2, 0.25) is 4.47 Å². The summed E-state index contributed by atoms with van der Waals surface area (Å²) in [4.78, 5) is 18.1. The molecule has 0 aromatic carbocycles. The number of nitro groups is 1. The Morgan fingerprint density at radius 1 is 1.58 bits per heavy atom. The van der Waals surface area contributed by atoms with Gasteiger partial charge in [0.05, 0.1) is 17.4 Å². The van der Waals surface area contributed by atoms with E-state index < -0.39 is 0 Å². The number of aromatic nitrogens is 1. The summed E-state index contributed by atoms with van der Waals surface area (Å²) in [6, 6.07) is 0. The number of nitrogens with zero attached hydrogens (tertiary/aromatic N) is 3. The third-order valence-corrected chi connectivity index (χ3v) is 5.17.